The number of allylic oxidation sites excluding steroid dienone is 4. The highest BCUT2D eigenvalue weighted by Crippen LogP contribution is 2.55. The molecular formula is C31H36N2O6S. The van der Waals surface area contributed by atoms with Crippen LogP contribution in [0.2, 0.25) is 0 Å². The molecule has 2 atom stereocenters. The fraction of sp³-hybridized carbons (Fsp3) is 0.484. The lowest BCUT2D eigenvalue weighted by Gasteiger charge is -2.29. The first-order valence-electron chi connectivity index (χ1n) is 14.2. The Balaban J connectivity index is 1.57. The molecule has 0 radical (unpaired) electrons. The van der Waals surface area contributed by atoms with E-state index < -0.39 is 27.1 Å². The van der Waals surface area contributed by atoms with Crippen LogP contribution in [0.4, 0.5) is 0 Å². The SMILES string of the molecule is COC(=O)[C@@H]1CC=CC2=C3C(=C3C(=O)NS(=O)(=O)C(C)C)Cn3c(cc4c(OC)ccc(C5CCCCC5)c43)C21. The van der Waals surface area contributed by atoms with Crippen molar-refractivity contribution in [2.45, 2.75) is 76.0 Å². The molecule has 2 heterocycles. The van der Waals surface area contributed by atoms with Crippen molar-refractivity contribution < 1.29 is 27.5 Å². The molecule has 1 N–H and O–H groups in total. The summed E-state index contributed by atoms with van der Waals surface area (Å²) in [6.07, 6.45) is 10.3. The summed E-state index contributed by atoms with van der Waals surface area (Å²) in [7, 11) is -0.725. The second-order valence-corrected chi connectivity index (χ2v) is 13.8. The molecule has 0 saturated heterocycles. The summed E-state index contributed by atoms with van der Waals surface area (Å²) in [5.74, 6) is -0.523. The third kappa shape index (κ3) is 4.21. The molecule has 1 aromatic heterocycles. The number of hydrogen-bond donors (Lipinski definition) is 1. The third-order valence-electron chi connectivity index (χ3n) is 9.07. The minimum absolute atomic E-state index is 0.304. The van der Waals surface area contributed by atoms with Crippen molar-refractivity contribution in [3.05, 3.63) is 63.9 Å². The van der Waals surface area contributed by atoms with Gasteiger partial charge in [0.1, 0.15) is 5.75 Å². The predicted molar refractivity (Wildman–Crippen MR) is 153 cm³/mol. The van der Waals surface area contributed by atoms with Crippen molar-refractivity contribution in [1.82, 2.24) is 9.29 Å². The fourth-order valence-corrected chi connectivity index (χ4v) is 7.54. The van der Waals surface area contributed by atoms with Crippen molar-refractivity contribution in [1.29, 1.82) is 0 Å². The maximum Gasteiger partial charge on any atom is 0.309 e. The first kappa shape index (κ1) is 26.9. The number of amides is 1. The number of ether oxygens (including phenoxy) is 2. The number of hydrogen-bond acceptors (Lipinski definition) is 6. The van der Waals surface area contributed by atoms with Crippen molar-refractivity contribution in [3.63, 3.8) is 0 Å². The number of aromatic nitrogens is 1. The molecule has 1 saturated carbocycles. The van der Waals surface area contributed by atoms with Crippen molar-refractivity contribution >= 4 is 32.8 Å². The molecule has 1 fully saturated rings. The van der Waals surface area contributed by atoms with Crippen LogP contribution in [0, 0.1) is 5.92 Å². The van der Waals surface area contributed by atoms with Crippen LogP contribution in [0.25, 0.3) is 10.9 Å². The molecule has 1 aromatic carbocycles. The van der Waals surface area contributed by atoms with E-state index in [0.29, 0.717) is 24.5 Å². The largest absolute Gasteiger partial charge is 0.496 e. The number of rotatable bonds is 6. The monoisotopic (exact) mass is 564 g/mol. The summed E-state index contributed by atoms with van der Waals surface area (Å²) in [5, 5.41) is 0.260. The summed E-state index contributed by atoms with van der Waals surface area (Å²) < 4.78 is 40.7. The molecular weight excluding hydrogens is 528 g/mol. The molecule has 1 unspecified atom stereocenters. The highest BCUT2D eigenvalue weighted by molar-refractivity contribution is 7.90. The number of carbonyl (C=O) groups is 2. The molecule has 212 valence electrons. The zero-order valence-electron chi connectivity index (χ0n) is 23.5. The van der Waals surface area contributed by atoms with Crippen LogP contribution in [0.3, 0.4) is 0 Å². The molecule has 0 spiro atoms. The van der Waals surface area contributed by atoms with Gasteiger partial charge in [0, 0.05) is 23.5 Å². The number of benzene rings is 1. The van der Waals surface area contributed by atoms with E-state index in [1.807, 2.05) is 18.2 Å². The predicted octanol–water partition coefficient (Wildman–Crippen LogP) is 5.01. The second kappa shape index (κ2) is 9.94. The van der Waals surface area contributed by atoms with Crippen LogP contribution in [0.15, 0.2) is 52.6 Å². The number of carbonyl (C=O) groups excluding carboxylic acids is 2. The first-order valence-corrected chi connectivity index (χ1v) is 15.7. The number of methoxy groups -OCH3 is 2. The Bertz CT molecular complexity index is 1620. The zero-order valence-corrected chi connectivity index (χ0v) is 24.3. The van der Waals surface area contributed by atoms with Gasteiger partial charge in [-0.05, 0) is 73.4 Å². The van der Waals surface area contributed by atoms with E-state index in [9.17, 15) is 18.0 Å². The van der Waals surface area contributed by atoms with Crippen LogP contribution < -0.4 is 9.46 Å². The van der Waals surface area contributed by atoms with E-state index in [4.69, 9.17) is 9.47 Å². The Morgan fingerprint density at radius 1 is 1.10 bits per heavy atom. The lowest BCUT2D eigenvalue weighted by molar-refractivity contribution is -0.146. The second-order valence-electron chi connectivity index (χ2n) is 11.6. The normalized spacial score (nSPS) is 22.5. The Morgan fingerprint density at radius 2 is 1.85 bits per heavy atom. The number of nitrogens with one attached hydrogen (secondary N) is 1. The van der Waals surface area contributed by atoms with Gasteiger partial charge in [0.2, 0.25) is 10.0 Å². The first-order chi connectivity index (χ1) is 19.2. The Labute approximate surface area is 235 Å². The highest BCUT2D eigenvalue weighted by Gasteiger charge is 2.47. The van der Waals surface area contributed by atoms with Gasteiger partial charge in [-0.2, -0.15) is 0 Å². The van der Waals surface area contributed by atoms with Crippen LogP contribution in [-0.4, -0.2) is 44.3 Å². The molecule has 40 heavy (non-hydrogen) atoms. The fourth-order valence-electron chi connectivity index (χ4n) is 6.95. The van der Waals surface area contributed by atoms with E-state index >= 15 is 0 Å². The standard InChI is InChI=1S/C31H36N2O6S/c1-17(2)40(36,37)32-30(34)28-23-16-33-24(26-20(27(23)28)11-8-12-21(26)31(35)39-4)15-22-25(38-3)14-13-19(29(22)33)18-9-6-5-7-10-18/h8,11,13-15,17-18,21,26H,5-7,9-10,12,16H2,1-4H3,(H,32,34)/t21-,26?/m1/s1. The van der Waals surface area contributed by atoms with Crippen molar-refractivity contribution in [2.75, 3.05) is 14.2 Å². The van der Waals surface area contributed by atoms with Gasteiger partial charge in [-0.3, -0.25) is 9.59 Å². The summed E-state index contributed by atoms with van der Waals surface area (Å²) in [6.45, 7) is 3.51. The highest BCUT2D eigenvalue weighted by atomic mass is 32.2. The van der Waals surface area contributed by atoms with Gasteiger partial charge >= 0.3 is 5.97 Å². The van der Waals surface area contributed by atoms with Gasteiger partial charge in [0.05, 0.1) is 36.5 Å². The van der Waals surface area contributed by atoms with Gasteiger partial charge in [0.15, 0.2) is 0 Å². The van der Waals surface area contributed by atoms with Crippen molar-refractivity contribution in [3.8, 4) is 5.75 Å². The maximum atomic E-state index is 13.4. The molecule has 0 bridgehead atoms. The van der Waals surface area contributed by atoms with Crippen LogP contribution in [0.5, 0.6) is 5.75 Å². The minimum atomic E-state index is -3.80. The van der Waals surface area contributed by atoms with E-state index in [1.165, 1.54) is 31.9 Å². The van der Waals surface area contributed by atoms with Gasteiger partial charge in [-0.15, -0.1) is 0 Å². The van der Waals surface area contributed by atoms with Gasteiger partial charge in [0.25, 0.3) is 5.91 Å². The minimum Gasteiger partial charge on any atom is -0.496 e. The molecule has 8 nitrogen and oxygen atoms in total. The topological polar surface area (TPSA) is 104 Å². The van der Waals surface area contributed by atoms with Gasteiger partial charge in [-0.25, -0.2) is 13.1 Å². The molecule has 4 aliphatic rings. The van der Waals surface area contributed by atoms with Crippen LogP contribution >= 0.6 is 0 Å². The van der Waals surface area contributed by atoms with E-state index in [-0.39, 0.29) is 11.9 Å². The van der Waals surface area contributed by atoms with E-state index in [0.717, 1.165) is 51.9 Å². The number of esters is 1. The lowest BCUT2D eigenvalue weighted by Crippen LogP contribution is -2.35. The van der Waals surface area contributed by atoms with Crippen molar-refractivity contribution in [2.24, 2.45) is 5.92 Å². The summed E-state index contributed by atoms with van der Waals surface area (Å²) in [4.78, 5) is 26.5. The molecule has 3 aliphatic carbocycles. The molecule has 6 rings (SSSR count). The quantitative estimate of drug-likeness (QED) is 0.495. The summed E-state index contributed by atoms with van der Waals surface area (Å²) >= 11 is 0. The van der Waals surface area contributed by atoms with Crippen LogP contribution in [0.1, 0.15) is 75.5 Å². The maximum absolute atomic E-state index is 13.4. The molecule has 1 amide bonds. The van der Waals surface area contributed by atoms with E-state index in [2.05, 4.69) is 21.4 Å². The lowest BCUT2D eigenvalue weighted by atomic mass is 9.76. The number of fused-ring (bicyclic) bond motifs is 6. The zero-order chi connectivity index (χ0) is 28.3. The van der Waals surface area contributed by atoms with Gasteiger partial charge < -0.3 is 14.0 Å². The Hall–Kier alpha value is -3.33. The molecule has 1 aliphatic heterocycles. The molecule has 2 aromatic rings. The molecule has 9 heteroatoms. The Kier molecular flexibility index (Phi) is 6.68. The Morgan fingerprint density at radius 3 is 2.52 bits per heavy atom. The average Bonchev–Trinajstić information content (AvgIpc) is 3.58. The van der Waals surface area contributed by atoms with Crippen LogP contribution in [-0.2, 0) is 30.9 Å². The summed E-state index contributed by atoms with van der Waals surface area (Å²) in [6, 6.07) is 6.36. The van der Waals surface area contributed by atoms with E-state index in [1.54, 1.807) is 21.0 Å². The van der Waals surface area contributed by atoms with Gasteiger partial charge in [-0.1, -0.05) is 37.5 Å². The number of sulfonamides is 1. The third-order valence-corrected chi connectivity index (χ3v) is 10.8. The summed E-state index contributed by atoms with van der Waals surface area (Å²) in [5.41, 5.74) is 6.20. The smallest absolute Gasteiger partial charge is 0.309 e. The average molecular weight is 565 g/mol. The number of nitrogens with zero attached hydrogens (tertiary/aromatic N) is 1.